The fraction of sp³-hybridized carbons (Fsp3) is 0.435. The molecule has 0 aliphatic carbocycles. The summed E-state index contributed by atoms with van der Waals surface area (Å²) < 4.78 is 23.5. The number of hydrogen-bond donors (Lipinski definition) is 0. The fourth-order valence-corrected chi connectivity index (χ4v) is 3.60. The van der Waals surface area contributed by atoms with Crippen molar-refractivity contribution >= 4 is 21.7 Å². The number of ketones is 1. The molecule has 0 aliphatic rings. The Morgan fingerprint density at radius 1 is 0.931 bits per heavy atom. The minimum absolute atomic E-state index is 0.184. The molecule has 0 radical (unpaired) electrons. The number of hydrogen-bond acceptors (Lipinski definition) is 5. The van der Waals surface area contributed by atoms with Crippen LogP contribution in [0.2, 0.25) is 0 Å². The topological polar surface area (TPSA) is 54.0 Å². The second-order valence-electron chi connectivity index (χ2n) is 6.77. The summed E-state index contributed by atoms with van der Waals surface area (Å²) in [6.07, 6.45) is 3.08. The maximum atomic E-state index is 13.7. The smallest absolute Gasteiger partial charge is 0.204 e. The molecule has 0 fully saturated rings. The van der Waals surface area contributed by atoms with Crippen molar-refractivity contribution in [3.8, 4) is 23.0 Å². The minimum atomic E-state index is -0.184. The first-order valence-electron chi connectivity index (χ1n) is 9.67. The van der Waals surface area contributed by atoms with Crippen molar-refractivity contribution < 1.29 is 23.7 Å². The molecule has 2 rings (SSSR count). The average molecular weight is 465 g/mol. The van der Waals surface area contributed by atoms with Crippen LogP contribution in [0.1, 0.15) is 53.2 Å². The number of benzene rings is 2. The van der Waals surface area contributed by atoms with E-state index < -0.39 is 0 Å². The van der Waals surface area contributed by atoms with Gasteiger partial charge in [0, 0.05) is 4.47 Å². The molecule has 0 bridgehead atoms. The summed E-state index contributed by atoms with van der Waals surface area (Å²) in [4.78, 5) is 13.7. The van der Waals surface area contributed by atoms with Crippen LogP contribution in [0.25, 0.3) is 0 Å². The molecule has 0 aliphatic heterocycles. The number of ether oxygens (including phenoxy) is 4. The van der Waals surface area contributed by atoms with Gasteiger partial charge in [-0.2, -0.15) is 0 Å². The molecule has 0 unspecified atom stereocenters. The largest absolute Gasteiger partial charge is 0.496 e. The van der Waals surface area contributed by atoms with Crippen LogP contribution in [0.4, 0.5) is 0 Å². The van der Waals surface area contributed by atoms with Crippen molar-refractivity contribution in [1.82, 2.24) is 0 Å². The lowest BCUT2D eigenvalue weighted by atomic mass is 9.93. The molecule has 29 heavy (non-hydrogen) atoms. The van der Waals surface area contributed by atoms with Gasteiger partial charge in [0.25, 0.3) is 0 Å². The number of unbranched alkanes of at least 4 members (excludes halogenated alkanes) is 2. The molecular formula is C23H29BrO5. The van der Waals surface area contributed by atoms with E-state index in [0.29, 0.717) is 40.7 Å². The van der Waals surface area contributed by atoms with Gasteiger partial charge in [-0.1, -0.05) is 35.7 Å². The lowest BCUT2D eigenvalue weighted by Gasteiger charge is -2.20. The molecular weight excluding hydrogens is 436 g/mol. The van der Waals surface area contributed by atoms with E-state index in [9.17, 15) is 4.79 Å². The summed E-state index contributed by atoms with van der Waals surface area (Å²) in [7, 11) is 4.67. The van der Waals surface area contributed by atoms with Crippen LogP contribution in [0.3, 0.4) is 0 Å². The Morgan fingerprint density at radius 3 is 2.21 bits per heavy atom. The third-order valence-electron chi connectivity index (χ3n) is 4.85. The quantitative estimate of drug-likeness (QED) is 0.324. The van der Waals surface area contributed by atoms with Crippen LogP contribution < -0.4 is 18.9 Å². The third kappa shape index (κ3) is 4.86. The maximum absolute atomic E-state index is 13.7. The zero-order valence-corrected chi connectivity index (χ0v) is 19.6. The number of halogens is 1. The Bertz CT molecular complexity index is 876. The van der Waals surface area contributed by atoms with Crippen LogP contribution in [-0.2, 0) is 0 Å². The molecule has 6 heteroatoms. The van der Waals surface area contributed by atoms with Crippen molar-refractivity contribution in [2.75, 3.05) is 27.9 Å². The molecule has 158 valence electrons. The van der Waals surface area contributed by atoms with Crippen molar-refractivity contribution in [2.24, 2.45) is 0 Å². The monoisotopic (exact) mass is 464 g/mol. The molecule has 0 aromatic heterocycles. The van der Waals surface area contributed by atoms with Crippen LogP contribution in [-0.4, -0.2) is 33.7 Å². The predicted octanol–water partition coefficient (Wildman–Crippen LogP) is 5.89. The molecule has 0 saturated carbocycles. The number of methoxy groups -OCH3 is 3. The van der Waals surface area contributed by atoms with E-state index in [1.54, 1.807) is 20.3 Å². The first kappa shape index (κ1) is 23.1. The van der Waals surface area contributed by atoms with Crippen LogP contribution in [0.15, 0.2) is 22.7 Å². The van der Waals surface area contributed by atoms with Crippen molar-refractivity contribution in [3.05, 3.63) is 44.9 Å². The lowest BCUT2D eigenvalue weighted by Crippen LogP contribution is -2.12. The highest BCUT2D eigenvalue weighted by Crippen LogP contribution is 2.44. The van der Waals surface area contributed by atoms with Crippen molar-refractivity contribution in [1.29, 1.82) is 0 Å². The average Bonchev–Trinajstić information content (AvgIpc) is 2.72. The van der Waals surface area contributed by atoms with Gasteiger partial charge in [-0.05, 0) is 49.6 Å². The summed E-state index contributed by atoms with van der Waals surface area (Å²) in [5.74, 6) is 1.70. The van der Waals surface area contributed by atoms with E-state index in [4.69, 9.17) is 18.9 Å². The second-order valence-corrected chi connectivity index (χ2v) is 7.62. The summed E-state index contributed by atoms with van der Waals surface area (Å²) in [6.45, 7) is 6.40. The summed E-state index contributed by atoms with van der Waals surface area (Å²) in [5, 5.41) is 0. The summed E-state index contributed by atoms with van der Waals surface area (Å²) in [6, 6.07) is 5.45. The first-order valence-corrected chi connectivity index (χ1v) is 10.5. The molecule has 0 saturated heterocycles. The SMILES string of the molecule is CCCCCOc1c(OC)cc(C)c(C(=O)c2c(OC)ccc(Br)c2C)c1OC. The van der Waals surface area contributed by atoms with Gasteiger partial charge in [-0.25, -0.2) is 0 Å². The Kier molecular flexibility index (Phi) is 8.38. The molecule has 0 heterocycles. The number of carbonyl (C=O) groups excluding carboxylic acids is 1. The molecule has 0 amide bonds. The normalized spacial score (nSPS) is 10.6. The third-order valence-corrected chi connectivity index (χ3v) is 5.71. The van der Waals surface area contributed by atoms with E-state index in [1.807, 2.05) is 26.0 Å². The van der Waals surface area contributed by atoms with Gasteiger partial charge in [0.05, 0.1) is 39.1 Å². The number of rotatable bonds is 10. The van der Waals surface area contributed by atoms with Gasteiger partial charge >= 0.3 is 0 Å². The van der Waals surface area contributed by atoms with Gasteiger partial charge in [-0.3, -0.25) is 4.79 Å². The molecule has 0 N–H and O–H groups in total. The molecule has 0 atom stereocenters. The molecule has 2 aromatic rings. The van der Waals surface area contributed by atoms with Gasteiger partial charge in [0.1, 0.15) is 5.75 Å². The molecule has 2 aromatic carbocycles. The van der Waals surface area contributed by atoms with E-state index in [-0.39, 0.29) is 5.78 Å². The Hall–Kier alpha value is -2.21. The first-order chi connectivity index (χ1) is 13.9. The van der Waals surface area contributed by atoms with Crippen LogP contribution in [0, 0.1) is 13.8 Å². The minimum Gasteiger partial charge on any atom is -0.496 e. The Morgan fingerprint density at radius 2 is 1.62 bits per heavy atom. The highest BCUT2D eigenvalue weighted by Gasteiger charge is 2.28. The summed E-state index contributed by atoms with van der Waals surface area (Å²) in [5.41, 5.74) is 2.48. The zero-order valence-electron chi connectivity index (χ0n) is 18.0. The van der Waals surface area contributed by atoms with Gasteiger partial charge in [0.2, 0.25) is 11.5 Å². The zero-order chi connectivity index (χ0) is 21.6. The van der Waals surface area contributed by atoms with Crippen LogP contribution >= 0.6 is 15.9 Å². The van der Waals surface area contributed by atoms with Crippen molar-refractivity contribution in [3.63, 3.8) is 0 Å². The maximum Gasteiger partial charge on any atom is 0.204 e. The lowest BCUT2D eigenvalue weighted by molar-refractivity contribution is 0.103. The Labute approximate surface area is 181 Å². The van der Waals surface area contributed by atoms with E-state index in [2.05, 4.69) is 22.9 Å². The summed E-state index contributed by atoms with van der Waals surface area (Å²) >= 11 is 3.51. The van der Waals surface area contributed by atoms with Gasteiger partial charge in [0.15, 0.2) is 11.5 Å². The Balaban J connectivity index is 2.63. The van der Waals surface area contributed by atoms with Gasteiger partial charge in [-0.15, -0.1) is 0 Å². The second kappa shape index (κ2) is 10.5. The van der Waals surface area contributed by atoms with Crippen LogP contribution in [0.5, 0.6) is 23.0 Å². The highest BCUT2D eigenvalue weighted by molar-refractivity contribution is 9.10. The fourth-order valence-electron chi connectivity index (χ4n) is 3.27. The highest BCUT2D eigenvalue weighted by atomic mass is 79.9. The van der Waals surface area contributed by atoms with E-state index in [0.717, 1.165) is 34.9 Å². The number of carbonyl (C=O) groups is 1. The molecule has 5 nitrogen and oxygen atoms in total. The van der Waals surface area contributed by atoms with Gasteiger partial charge < -0.3 is 18.9 Å². The van der Waals surface area contributed by atoms with E-state index in [1.165, 1.54) is 7.11 Å². The predicted molar refractivity (Wildman–Crippen MR) is 118 cm³/mol. The number of aryl methyl sites for hydroxylation is 1. The molecule has 0 spiro atoms. The van der Waals surface area contributed by atoms with E-state index >= 15 is 0 Å². The van der Waals surface area contributed by atoms with Crippen molar-refractivity contribution in [2.45, 2.75) is 40.0 Å². The standard InChI is InChI=1S/C23H29BrO5/c1-7-8-9-12-29-22-18(27-5)13-14(2)19(23(22)28-6)21(25)20-15(3)16(24)10-11-17(20)26-4/h10-11,13H,7-9,12H2,1-6H3.